The summed E-state index contributed by atoms with van der Waals surface area (Å²) in [5.74, 6) is 0.0669. The summed E-state index contributed by atoms with van der Waals surface area (Å²) < 4.78 is 0. The highest BCUT2D eigenvalue weighted by Gasteiger charge is 2.26. The van der Waals surface area contributed by atoms with Gasteiger partial charge in [-0.25, -0.2) is 0 Å². The van der Waals surface area contributed by atoms with Crippen molar-refractivity contribution in [3.05, 3.63) is 53.6 Å². The van der Waals surface area contributed by atoms with Crippen molar-refractivity contribution in [3.8, 4) is 0 Å². The predicted octanol–water partition coefficient (Wildman–Crippen LogP) is 4.21. The minimum atomic E-state index is 0.0669. The molecule has 0 aliphatic carbocycles. The van der Waals surface area contributed by atoms with Crippen LogP contribution in [0.2, 0.25) is 5.02 Å². The first-order chi connectivity index (χ1) is 9.65. The lowest BCUT2D eigenvalue weighted by Crippen LogP contribution is -2.27. The maximum absolute atomic E-state index is 12.5. The number of nitrogens with one attached hydrogen (secondary N) is 1. The molecule has 1 aliphatic heterocycles. The summed E-state index contributed by atoms with van der Waals surface area (Å²) >= 11 is 6.10. The second-order valence-electron chi connectivity index (χ2n) is 4.98. The summed E-state index contributed by atoms with van der Waals surface area (Å²) in [6, 6.07) is 15.3. The van der Waals surface area contributed by atoms with Gasteiger partial charge in [-0.1, -0.05) is 29.8 Å². The van der Waals surface area contributed by atoms with Crippen molar-refractivity contribution >= 4 is 34.6 Å². The quantitative estimate of drug-likeness (QED) is 0.852. The molecule has 1 atom stereocenters. The minimum Gasteiger partial charge on any atom is -0.380 e. The standard InChI is InChI=1S/C16H15ClN2O/c1-11-9-16(20)19(13-5-3-2-4-6-13)15-10-12(17)7-8-14(15)18-11/h2-8,10-11,18H,9H2,1H3. The Kier molecular flexibility index (Phi) is 3.36. The summed E-state index contributed by atoms with van der Waals surface area (Å²) in [7, 11) is 0. The van der Waals surface area contributed by atoms with E-state index in [1.807, 2.05) is 55.5 Å². The van der Waals surface area contributed by atoms with Crippen molar-refractivity contribution in [2.75, 3.05) is 10.2 Å². The normalized spacial score (nSPS) is 18.2. The monoisotopic (exact) mass is 286 g/mol. The number of carbonyl (C=O) groups is 1. The molecule has 20 heavy (non-hydrogen) atoms. The fourth-order valence-corrected chi connectivity index (χ4v) is 2.64. The number of hydrogen-bond donors (Lipinski definition) is 1. The van der Waals surface area contributed by atoms with Crippen molar-refractivity contribution in [2.45, 2.75) is 19.4 Å². The van der Waals surface area contributed by atoms with Crippen LogP contribution in [-0.4, -0.2) is 11.9 Å². The number of nitrogens with zero attached hydrogens (tertiary/aromatic N) is 1. The highest BCUT2D eigenvalue weighted by Crippen LogP contribution is 2.37. The van der Waals surface area contributed by atoms with E-state index in [-0.39, 0.29) is 11.9 Å². The van der Waals surface area contributed by atoms with Gasteiger partial charge in [0.1, 0.15) is 0 Å². The SMILES string of the molecule is CC1CC(=O)N(c2ccccc2)c2cc(Cl)ccc2N1. The Hall–Kier alpha value is -2.00. The average Bonchev–Trinajstić information content (AvgIpc) is 2.54. The molecule has 2 aromatic carbocycles. The van der Waals surface area contributed by atoms with Crippen LogP contribution in [0.4, 0.5) is 17.1 Å². The number of benzene rings is 2. The maximum Gasteiger partial charge on any atom is 0.233 e. The highest BCUT2D eigenvalue weighted by molar-refractivity contribution is 6.31. The molecule has 1 amide bonds. The third-order valence-corrected chi connectivity index (χ3v) is 3.58. The highest BCUT2D eigenvalue weighted by atomic mass is 35.5. The number of fused-ring (bicyclic) bond motifs is 1. The van der Waals surface area contributed by atoms with Crippen LogP contribution in [0.5, 0.6) is 0 Å². The largest absolute Gasteiger partial charge is 0.380 e. The zero-order chi connectivity index (χ0) is 14.1. The Balaban J connectivity index is 2.17. The zero-order valence-electron chi connectivity index (χ0n) is 11.1. The number of amides is 1. The van der Waals surface area contributed by atoms with Gasteiger partial charge in [0.2, 0.25) is 5.91 Å². The molecule has 3 rings (SSSR count). The third kappa shape index (κ3) is 2.37. The molecular weight excluding hydrogens is 272 g/mol. The molecule has 0 bridgehead atoms. The van der Waals surface area contributed by atoms with E-state index in [4.69, 9.17) is 11.6 Å². The van der Waals surface area contributed by atoms with E-state index in [2.05, 4.69) is 5.32 Å². The van der Waals surface area contributed by atoms with Gasteiger partial charge in [-0.3, -0.25) is 9.69 Å². The van der Waals surface area contributed by atoms with Crippen molar-refractivity contribution in [1.82, 2.24) is 0 Å². The smallest absolute Gasteiger partial charge is 0.233 e. The van der Waals surface area contributed by atoms with E-state index in [1.54, 1.807) is 4.90 Å². The molecule has 0 saturated heterocycles. The van der Waals surface area contributed by atoms with Crippen LogP contribution < -0.4 is 10.2 Å². The van der Waals surface area contributed by atoms with E-state index < -0.39 is 0 Å². The van der Waals surface area contributed by atoms with Crippen LogP contribution >= 0.6 is 11.6 Å². The van der Waals surface area contributed by atoms with Gasteiger partial charge in [-0.2, -0.15) is 0 Å². The van der Waals surface area contributed by atoms with Gasteiger partial charge in [-0.15, -0.1) is 0 Å². The molecule has 0 aromatic heterocycles. The Morgan fingerprint density at radius 2 is 1.95 bits per heavy atom. The first-order valence-electron chi connectivity index (χ1n) is 6.59. The second kappa shape index (κ2) is 5.17. The molecular formula is C16H15ClN2O. The summed E-state index contributed by atoms with van der Waals surface area (Å²) in [6.07, 6.45) is 0.446. The summed E-state index contributed by atoms with van der Waals surface area (Å²) in [4.78, 5) is 14.3. The van der Waals surface area contributed by atoms with Crippen LogP contribution in [-0.2, 0) is 4.79 Å². The molecule has 0 radical (unpaired) electrons. The number of para-hydroxylation sites is 1. The van der Waals surface area contributed by atoms with Crippen molar-refractivity contribution in [1.29, 1.82) is 0 Å². The molecule has 0 spiro atoms. The van der Waals surface area contributed by atoms with Gasteiger partial charge in [0.15, 0.2) is 0 Å². The predicted molar refractivity (Wildman–Crippen MR) is 82.7 cm³/mol. The van der Waals surface area contributed by atoms with Crippen molar-refractivity contribution < 1.29 is 4.79 Å². The van der Waals surface area contributed by atoms with Crippen LogP contribution in [0, 0.1) is 0 Å². The first-order valence-corrected chi connectivity index (χ1v) is 6.97. The average molecular weight is 287 g/mol. The minimum absolute atomic E-state index is 0.0669. The van der Waals surface area contributed by atoms with Gasteiger partial charge in [0.25, 0.3) is 0 Å². The molecule has 4 heteroatoms. The third-order valence-electron chi connectivity index (χ3n) is 3.35. The Morgan fingerprint density at radius 1 is 1.20 bits per heavy atom. The number of carbonyl (C=O) groups excluding carboxylic acids is 1. The Labute approximate surface area is 123 Å². The fraction of sp³-hybridized carbons (Fsp3) is 0.188. The molecule has 1 aliphatic rings. The molecule has 3 nitrogen and oxygen atoms in total. The maximum atomic E-state index is 12.5. The number of halogens is 1. The van der Waals surface area contributed by atoms with Gasteiger partial charge in [0.05, 0.1) is 11.4 Å². The topological polar surface area (TPSA) is 32.3 Å². The summed E-state index contributed by atoms with van der Waals surface area (Å²) in [5.41, 5.74) is 2.59. The van der Waals surface area contributed by atoms with Gasteiger partial charge in [0, 0.05) is 23.2 Å². The lowest BCUT2D eigenvalue weighted by Gasteiger charge is -2.22. The fourth-order valence-electron chi connectivity index (χ4n) is 2.48. The van der Waals surface area contributed by atoms with E-state index in [0.717, 1.165) is 17.1 Å². The summed E-state index contributed by atoms with van der Waals surface area (Å²) in [5, 5.41) is 3.98. The van der Waals surface area contributed by atoms with Crippen molar-refractivity contribution in [2.24, 2.45) is 0 Å². The van der Waals surface area contributed by atoms with Gasteiger partial charge >= 0.3 is 0 Å². The molecule has 102 valence electrons. The van der Waals surface area contributed by atoms with E-state index >= 15 is 0 Å². The lowest BCUT2D eigenvalue weighted by atomic mass is 10.2. The zero-order valence-corrected chi connectivity index (χ0v) is 11.9. The molecule has 0 saturated carbocycles. The first kappa shape index (κ1) is 13.0. The van der Waals surface area contributed by atoms with E-state index in [0.29, 0.717) is 11.4 Å². The summed E-state index contributed by atoms with van der Waals surface area (Å²) in [6.45, 7) is 2.00. The van der Waals surface area contributed by atoms with Crippen LogP contribution in [0.3, 0.4) is 0 Å². The van der Waals surface area contributed by atoms with Crippen LogP contribution in [0.1, 0.15) is 13.3 Å². The molecule has 1 heterocycles. The molecule has 0 fully saturated rings. The van der Waals surface area contributed by atoms with Crippen molar-refractivity contribution in [3.63, 3.8) is 0 Å². The van der Waals surface area contributed by atoms with Gasteiger partial charge < -0.3 is 5.32 Å². The number of anilines is 3. The molecule has 2 aromatic rings. The van der Waals surface area contributed by atoms with Crippen LogP contribution in [0.15, 0.2) is 48.5 Å². The lowest BCUT2D eigenvalue weighted by molar-refractivity contribution is -0.117. The van der Waals surface area contributed by atoms with E-state index in [1.165, 1.54) is 0 Å². The van der Waals surface area contributed by atoms with E-state index in [9.17, 15) is 4.79 Å². The Morgan fingerprint density at radius 3 is 2.70 bits per heavy atom. The Bertz CT molecular complexity index is 642. The number of hydrogen-bond acceptors (Lipinski definition) is 2. The second-order valence-corrected chi connectivity index (χ2v) is 5.41. The molecule has 1 unspecified atom stereocenters. The molecule has 1 N–H and O–H groups in total. The van der Waals surface area contributed by atoms with Gasteiger partial charge in [-0.05, 0) is 37.3 Å². The number of rotatable bonds is 1. The van der Waals surface area contributed by atoms with Crippen LogP contribution in [0.25, 0.3) is 0 Å².